The Labute approximate surface area is 112 Å². The van der Waals surface area contributed by atoms with Gasteiger partial charge in [-0.25, -0.2) is 0 Å². The second kappa shape index (κ2) is 8.13. The molecule has 19 heavy (non-hydrogen) atoms. The summed E-state index contributed by atoms with van der Waals surface area (Å²) in [5.74, 6) is -0.673. The number of rotatable bonds is 8. The number of hydrogen-bond acceptors (Lipinski definition) is 4. The predicted octanol–water partition coefficient (Wildman–Crippen LogP) is 0.274. The minimum absolute atomic E-state index is 0.0404. The molecule has 0 atom stereocenters. The summed E-state index contributed by atoms with van der Waals surface area (Å²) >= 11 is 0. The topological polar surface area (TPSA) is 78.5 Å². The van der Waals surface area contributed by atoms with E-state index in [4.69, 9.17) is 4.74 Å². The van der Waals surface area contributed by atoms with Gasteiger partial charge in [-0.3, -0.25) is 4.79 Å². The van der Waals surface area contributed by atoms with Crippen LogP contribution in [0.25, 0.3) is 0 Å². The van der Waals surface area contributed by atoms with E-state index in [1.807, 2.05) is 31.2 Å². The van der Waals surface area contributed by atoms with Gasteiger partial charge < -0.3 is 20.0 Å². The van der Waals surface area contributed by atoms with Gasteiger partial charge in [0.2, 0.25) is 5.91 Å². The average molecular weight is 264 g/mol. The van der Waals surface area contributed by atoms with Crippen molar-refractivity contribution in [2.24, 2.45) is 0 Å². The van der Waals surface area contributed by atoms with Crippen molar-refractivity contribution in [1.82, 2.24) is 5.32 Å². The van der Waals surface area contributed by atoms with Crippen molar-refractivity contribution >= 4 is 11.9 Å². The van der Waals surface area contributed by atoms with Crippen LogP contribution in [0.3, 0.4) is 0 Å². The van der Waals surface area contributed by atoms with Crippen LogP contribution in [0, 0.1) is 0 Å². The number of nitrogens with one attached hydrogen (secondary N) is 1. The third-order valence-electron chi connectivity index (χ3n) is 2.50. The molecule has 0 aliphatic carbocycles. The summed E-state index contributed by atoms with van der Waals surface area (Å²) < 4.78 is 5.38. The third-order valence-corrected chi connectivity index (χ3v) is 2.50. The molecule has 5 nitrogen and oxygen atoms in total. The van der Waals surface area contributed by atoms with Crippen LogP contribution >= 0.6 is 0 Å². The van der Waals surface area contributed by atoms with Gasteiger partial charge in [-0.15, -0.1) is 0 Å². The third kappa shape index (κ3) is 6.45. The van der Waals surface area contributed by atoms with Crippen molar-refractivity contribution in [3.05, 3.63) is 29.8 Å². The molecule has 0 aliphatic rings. The van der Waals surface area contributed by atoms with Crippen molar-refractivity contribution in [1.29, 1.82) is 0 Å². The van der Waals surface area contributed by atoms with E-state index in [9.17, 15) is 14.7 Å². The molecule has 104 valence electrons. The second-order valence-corrected chi connectivity index (χ2v) is 4.05. The van der Waals surface area contributed by atoms with E-state index in [-0.39, 0.29) is 18.7 Å². The number of aliphatic carboxylic acids is 1. The molecule has 1 amide bonds. The van der Waals surface area contributed by atoms with E-state index < -0.39 is 5.97 Å². The van der Waals surface area contributed by atoms with E-state index in [2.05, 4.69) is 5.32 Å². The Morgan fingerprint density at radius 1 is 1.32 bits per heavy atom. The normalized spacial score (nSPS) is 9.95. The Morgan fingerprint density at radius 3 is 2.79 bits per heavy atom. The van der Waals surface area contributed by atoms with Crippen LogP contribution in [0.15, 0.2) is 24.3 Å². The molecule has 0 fully saturated rings. The minimum Gasteiger partial charge on any atom is -0.550 e. The van der Waals surface area contributed by atoms with Crippen molar-refractivity contribution in [2.75, 3.05) is 13.2 Å². The molecule has 1 N–H and O–H groups in total. The van der Waals surface area contributed by atoms with Crippen molar-refractivity contribution in [2.45, 2.75) is 26.2 Å². The molecular weight excluding hydrogens is 246 g/mol. The molecule has 0 bridgehead atoms. The predicted molar refractivity (Wildman–Crippen MR) is 68.6 cm³/mol. The Bertz CT molecular complexity index is 431. The molecule has 5 heteroatoms. The van der Waals surface area contributed by atoms with E-state index in [1.165, 1.54) is 0 Å². The summed E-state index contributed by atoms with van der Waals surface area (Å²) in [4.78, 5) is 21.5. The van der Waals surface area contributed by atoms with Crippen molar-refractivity contribution in [3.8, 4) is 5.75 Å². The van der Waals surface area contributed by atoms with Gasteiger partial charge >= 0.3 is 0 Å². The Balaban J connectivity index is 2.30. The molecule has 0 saturated carbocycles. The maximum absolute atomic E-state index is 11.3. The van der Waals surface area contributed by atoms with Gasteiger partial charge in [-0.2, -0.15) is 0 Å². The zero-order valence-corrected chi connectivity index (χ0v) is 11.0. The van der Waals surface area contributed by atoms with Crippen LogP contribution in [0.2, 0.25) is 0 Å². The zero-order chi connectivity index (χ0) is 14.1. The number of carboxylic acids is 1. The summed E-state index contributed by atoms with van der Waals surface area (Å²) in [6, 6.07) is 7.66. The lowest BCUT2D eigenvalue weighted by atomic mass is 10.1. The van der Waals surface area contributed by atoms with Gasteiger partial charge in [0.1, 0.15) is 5.75 Å². The number of carboxylic acid groups (broad SMARTS) is 1. The monoisotopic (exact) mass is 264 g/mol. The number of carbonyl (C=O) groups excluding carboxylic acids is 2. The van der Waals surface area contributed by atoms with Crippen molar-refractivity contribution in [3.63, 3.8) is 0 Å². The van der Waals surface area contributed by atoms with E-state index in [0.29, 0.717) is 19.6 Å². The maximum Gasteiger partial charge on any atom is 0.220 e. The summed E-state index contributed by atoms with van der Waals surface area (Å²) in [6.45, 7) is 3.01. The number of benzene rings is 1. The van der Waals surface area contributed by atoms with Gasteiger partial charge in [-0.1, -0.05) is 12.1 Å². The number of carbonyl (C=O) groups is 2. The molecule has 0 aromatic heterocycles. The van der Waals surface area contributed by atoms with E-state index in [1.54, 1.807) is 0 Å². The fourth-order valence-electron chi connectivity index (χ4n) is 1.61. The summed E-state index contributed by atoms with van der Waals surface area (Å²) in [7, 11) is 0. The molecule has 0 unspecified atom stereocenters. The summed E-state index contributed by atoms with van der Waals surface area (Å²) in [5, 5.41) is 12.9. The van der Waals surface area contributed by atoms with Crippen molar-refractivity contribution < 1.29 is 19.4 Å². The Morgan fingerprint density at radius 2 is 2.11 bits per heavy atom. The standard InChI is InChI=1S/C14H19NO4/c1-2-19-12-5-3-4-11(10-12)8-9-15-13(16)6-7-14(17)18/h3-5,10H,2,6-9H2,1H3,(H,15,16)(H,17,18)/p-1. The molecule has 0 radical (unpaired) electrons. The van der Waals surface area contributed by atoms with E-state index >= 15 is 0 Å². The lowest BCUT2D eigenvalue weighted by molar-refractivity contribution is -0.305. The van der Waals surface area contributed by atoms with Crippen LogP contribution in [0.5, 0.6) is 5.75 Å². The zero-order valence-electron chi connectivity index (χ0n) is 11.0. The van der Waals surface area contributed by atoms with Crippen LogP contribution in [0.4, 0.5) is 0 Å². The van der Waals surface area contributed by atoms with Crippen LogP contribution in [-0.4, -0.2) is 25.0 Å². The van der Waals surface area contributed by atoms with Gasteiger partial charge in [0.15, 0.2) is 0 Å². The van der Waals surface area contributed by atoms with Crippen LogP contribution in [0.1, 0.15) is 25.3 Å². The summed E-state index contributed by atoms with van der Waals surface area (Å²) in [6.07, 6.45) is 0.394. The minimum atomic E-state index is -1.21. The molecule has 0 spiro atoms. The maximum atomic E-state index is 11.3. The largest absolute Gasteiger partial charge is 0.550 e. The molecule has 1 aromatic carbocycles. The summed E-state index contributed by atoms with van der Waals surface area (Å²) in [5.41, 5.74) is 1.06. The second-order valence-electron chi connectivity index (χ2n) is 4.05. The van der Waals surface area contributed by atoms with Gasteiger partial charge in [0, 0.05) is 18.9 Å². The number of ether oxygens (including phenoxy) is 1. The molecule has 0 aliphatic heterocycles. The average Bonchev–Trinajstić information content (AvgIpc) is 2.37. The van der Waals surface area contributed by atoms with Gasteiger partial charge in [-0.05, 0) is 37.5 Å². The van der Waals surface area contributed by atoms with Gasteiger partial charge in [0.05, 0.1) is 6.61 Å². The van der Waals surface area contributed by atoms with Gasteiger partial charge in [0.25, 0.3) is 0 Å². The van der Waals surface area contributed by atoms with Crippen LogP contribution in [-0.2, 0) is 16.0 Å². The number of hydrogen-bond donors (Lipinski definition) is 1. The molecule has 1 rings (SSSR count). The molecule has 0 saturated heterocycles. The van der Waals surface area contributed by atoms with Crippen LogP contribution < -0.4 is 15.2 Å². The fraction of sp³-hybridized carbons (Fsp3) is 0.429. The fourth-order valence-corrected chi connectivity index (χ4v) is 1.61. The molecular formula is C14H18NO4-. The highest BCUT2D eigenvalue weighted by atomic mass is 16.5. The highest BCUT2D eigenvalue weighted by Crippen LogP contribution is 2.13. The molecule has 0 heterocycles. The Kier molecular flexibility index (Phi) is 6.43. The first kappa shape index (κ1) is 15.0. The first-order chi connectivity index (χ1) is 9.11. The first-order valence-corrected chi connectivity index (χ1v) is 6.30. The quantitative estimate of drug-likeness (QED) is 0.731. The highest BCUT2D eigenvalue weighted by Gasteiger charge is 2.01. The lowest BCUT2D eigenvalue weighted by Gasteiger charge is -2.07. The number of amides is 1. The molecule has 1 aromatic rings. The smallest absolute Gasteiger partial charge is 0.220 e. The Hall–Kier alpha value is -2.04. The lowest BCUT2D eigenvalue weighted by Crippen LogP contribution is -2.29. The highest BCUT2D eigenvalue weighted by molar-refractivity contribution is 5.79. The SMILES string of the molecule is CCOc1cccc(CCNC(=O)CCC(=O)[O-])c1. The first-order valence-electron chi connectivity index (χ1n) is 6.30. The van der Waals surface area contributed by atoms with E-state index in [0.717, 1.165) is 11.3 Å².